The third-order valence-corrected chi connectivity index (χ3v) is 2.12. The molecule has 0 aromatic heterocycles. The van der Waals surface area contributed by atoms with E-state index in [2.05, 4.69) is 4.72 Å². The molecule has 1 atom stereocenters. The van der Waals surface area contributed by atoms with Crippen LogP contribution in [0.25, 0.3) is 0 Å². The third-order valence-electron chi connectivity index (χ3n) is 1.71. The van der Waals surface area contributed by atoms with Crippen molar-refractivity contribution < 1.29 is 8.76 Å². The van der Waals surface area contributed by atoms with Crippen LogP contribution in [0.2, 0.25) is 0 Å². The van der Waals surface area contributed by atoms with Gasteiger partial charge < -0.3 is 4.55 Å². The predicted molar refractivity (Wildman–Crippen MR) is 34.3 cm³/mol. The fourth-order valence-corrected chi connectivity index (χ4v) is 1.25. The first-order chi connectivity index (χ1) is 4.29. The molecule has 0 spiro atoms. The summed E-state index contributed by atoms with van der Waals surface area (Å²) < 4.78 is 22.2. The predicted octanol–water partition coefficient (Wildman–Crippen LogP) is 0.170. The van der Waals surface area contributed by atoms with Gasteiger partial charge in [0.25, 0.3) is 0 Å². The molecule has 0 aromatic rings. The van der Waals surface area contributed by atoms with Crippen LogP contribution in [0.1, 0.15) is 19.3 Å². The lowest BCUT2D eigenvalue weighted by atomic mass is 9.86. The molecule has 1 unspecified atom stereocenters. The fourth-order valence-electron chi connectivity index (χ4n) is 0.883. The van der Waals surface area contributed by atoms with Crippen molar-refractivity contribution in [3.8, 4) is 0 Å². The SMILES string of the molecule is O=S([O-])NCC1CCC1. The maximum Gasteiger partial charge on any atom is 0.0181 e. The van der Waals surface area contributed by atoms with Crippen LogP contribution in [-0.2, 0) is 11.3 Å². The van der Waals surface area contributed by atoms with E-state index in [4.69, 9.17) is 0 Å². The summed E-state index contributed by atoms with van der Waals surface area (Å²) in [4.78, 5) is 0. The minimum atomic E-state index is -2.05. The zero-order valence-corrected chi connectivity index (χ0v) is 5.95. The Hall–Kier alpha value is 0.0700. The van der Waals surface area contributed by atoms with E-state index in [0.717, 1.165) is 0 Å². The maximum absolute atomic E-state index is 9.93. The number of hydrogen-bond donors (Lipinski definition) is 1. The van der Waals surface area contributed by atoms with E-state index in [0.29, 0.717) is 12.5 Å². The van der Waals surface area contributed by atoms with Gasteiger partial charge in [0.2, 0.25) is 0 Å². The largest absolute Gasteiger partial charge is 0.760 e. The molecule has 0 aliphatic heterocycles. The summed E-state index contributed by atoms with van der Waals surface area (Å²) in [6.45, 7) is 0.635. The second kappa shape index (κ2) is 3.29. The van der Waals surface area contributed by atoms with Gasteiger partial charge in [-0.05, 0) is 18.8 Å². The topological polar surface area (TPSA) is 52.2 Å². The van der Waals surface area contributed by atoms with Crippen LogP contribution in [0.15, 0.2) is 0 Å². The van der Waals surface area contributed by atoms with Crippen molar-refractivity contribution >= 4 is 11.3 Å². The summed E-state index contributed by atoms with van der Waals surface area (Å²) in [7, 11) is 0. The van der Waals surface area contributed by atoms with Gasteiger partial charge in [0.05, 0.1) is 0 Å². The molecule has 1 aliphatic rings. The number of hydrogen-bond acceptors (Lipinski definition) is 2. The molecule has 0 heterocycles. The lowest BCUT2D eigenvalue weighted by Gasteiger charge is -2.25. The molecule has 54 valence electrons. The molecule has 0 bridgehead atoms. The smallest absolute Gasteiger partial charge is 0.0181 e. The van der Waals surface area contributed by atoms with E-state index in [-0.39, 0.29) is 0 Å². The lowest BCUT2D eigenvalue weighted by Crippen LogP contribution is -2.28. The first-order valence-corrected chi connectivity index (χ1v) is 4.19. The standard InChI is InChI=1S/C5H11NO2S/c7-9(8)6-4-5-2-1-3-5/h5-6H,1-4H2,(H,7,8)/p-1. The van der Waals surface area contributed by atoms with Gasteiger partial charge in [-0.2, -0.15) is 0 Å². The molecule has 0 aromatic carbocycles. The van der Waals surface area contributed by atoms with Gasteiger partial charge in [0, 0.05) is 17.8 Å². The zero-order valence-electron chi connectivity index (χ0n) is 5.13. The van der Waals surface area contributed by atoms with Gasteiger partial charge >= 0.3 is 0 Å². The molecule has 3 nitrogen and oxygen atoms in total. The van der Waals surface area contributed by atoms with Gasteiger partial charge in [-0.1, -0.05) is 6.42 Å². The molecule has 0 amide bonds. The lowest BCUT2D eigenvalue weighted by molar-refractivity contribution is 0.315. The quantitative estimate of drug-likeness (QED) is 0.580. The highest BCUT2D eigenvalue weighted by Crippen LogP contribution is 2.24. The summed E-state index contributed by atoms with van der Waals surface area (Å²) in [5, 5.41) is 0. The fraction of sp³-hybridized carbons (Fsp3) is 1.00. The van der Waals surface area contributed by atoms with Crippen molar-refractivity contribution in [2.24, 2.45) is 5.92 Å². The van der Waals surface area contributed by atoms with E-state index in [9.17, 15) is 8.76 Å². The first kappa shape index (κ1) is 7.18. The first-order valence-electron chi connectivity index (χ1n) is 3.12. The summed E-state index contributed by atoms with van der Waals surface area (Å²) in [6, 6.07) is 0. The molecule has 0 radical (unpaired) electrons. The minimum Gasteiger partial charge on any atom is -0.760 e. The van der Waals surface area contributed by atoms with E-state index >= 15 is 0 Å². The highest BCUT2D eigenvalue weighted by atomic mass is 32.2. The molecular weight excluding hydrogens is 138 g/mol. The van der Waals surface area contributed by atoms with Crippen molar-refractivity contribution in [1.29, 1.82) is 0 Å². The number of nitrogens with one attached hydrogen (secondary N) is 1. The third kappa shape index (κ3) is 2.43. The van der Waals surface area contributed by atoms with E-state index in [1.54, 1.807) is 0 Å². The van der Waals surface area contributed by atoms with Crippen molar-refractivity contribution in [1.82, 2.24) is 4.72 Å². The van der Waals surface area contributed by atoms with Crippen LogP contribution < -0.4 is 4.72 Å². The van der Waals surface area contributed by atoms with Crippen molar-refractivity contribution in [3.63, 3.8) is 0 Å². The Morgan fingerprint density at radius 2 is 2.33 bits per heavy atom. The Bertz CT molecular complexity index is 114. The maximum atomic E-state index is 9.93. The summed E-state index contributed by atoms with van der Waals surface area (Å²) in [6.07, 6.45) is 3.63. The monoisotopic (exact) mass is 148 g/mol. The molecule has 1 fully saturated rings. The summed E-state index contributed by atoms with van der Waals surface area (Å²) in [5.41, 5.74) is 0. The van der Waals surface area contributed by atoms with Gasteiger partial charge in [0.1, 0.15) is 0 Å². The molecule has 1 rings (SSSR count). The van der Waals surface area contributed by atoms with Crippen LogP contribution >= 0.6 is 0 Å². The van der Waals surface area contributed by atoms with Crippen molar-refractivity contribution in [2.75, 3.05) is 6.54 Å². The normalized spacial score (nSPS) is 23.2. The molecule has 1 N–H and O–H groups in total. The Balaban J connectivity index is 1.97. The van der Waals surface area contributed by atoms with E-state index in [1.165, 1.54) is 19.3 Å². The zero-order chi connectivity index (χ0) is 6.69. The minimum absolute atomic E-state index is 0.614. The van der Waals surface area contributed by atoms with E-state index in [1.807, 2.05) is 0 Å². The molecular formula is C5H10NO2S-. The Morgan fingerprint density at radius 3 is 2.67 bits per heavy atom. The molecule has 1 saturated carbocycles. The second-order valence-electron chi connectivity index (χ2n) is 2.38. The van der Waals surface area contributed by atoms with Gasteiger partial charge in [0.15, 0.2) is 0 Å². The Kier molecular flexibility index (Phi) is 2.63. The van der Waals surface area contributed by atoms with Gasteiger partial charge in [-0.25, -0.2) is 4.72 Å². The van der Waals surface area contributed by atoms with Crippen LogP contribution in [0.3, 0.4) is 0 Å². The number of rotatable bonds is 3. The Labute approximate surface area is 57.3 Å². The average molecular weight is 148 g/mol. The second-order valence-corrected chi connectivity index (χ2v) is 3.14. The molecule has 9 heavy (non-hydrogen) atoms. The van der Waals surface area contributed by atoms with Crippen LogP contribution in [-0.4, -0.2) is 15.3 Å². The highest BCUT2D eigenvalue weighted by molar-refractivity contribution is 7.77. The van der Waals surface area contributed by atoms with Crippen molar-refractivity contribution in [3.05, 3.63) is 0 Å². The molecule has 4 heteroatoms. The average Bonchev–Trinajstić information content (AvgIpc) is 1.60. The highest BCUT2D eigenvalue weighted by Gasteiger charge is 2.16. The van der Waals surface area contributed by atoms with Gasteiger partial charge in [-0.15, -0.1) is 0 Å². The van der Waals surface area contributed by atoms with Crippen LogP contribution in [0.4, 0.5) is 0 Å². The van der Waals surface area contributed by atoms with Crippen molar-refractivity contribution in [2.45, 2.75) is 19.3 Å². The van der Waals surface area contributed by atoms with Crippen LogP contribution in [0.5, 0.6) is 0 Å². The molecule has 1 aliphatic carbocycles. The molecule has 0 saturated heterocycles. The van der Waals surface area contributed by atoms with Crippen LogP contribution in [0, 0.1) is 5.92 Å². The van der Waals surface area contributed by atoms with Gasteiger partial charge in [-0.3, -0.25) is 4.21 Å². The summed E-state index contributed by atoms with van der Waals surface area (Å²) >= 11 is -2.05. The Morgan fingerprint density at radius 1 is 1.67 bits per heavy atom. The summed E-state index contributed by atoms with van der Waals surface area (Å²) in [5.74, 6) is 0.614. The van der Waals surface area contributed by atoms with E-state index < -0.39 is 11.3 Å².